The molecule has 0 spiro atoms. The van der Waals surface area contributed by atoms with Crippen LogP contribution in [0.5, 0.6) is 11.5 Å². The Balaban J connectivity index is 1.00. The molecule has 8 aromatic carbocycles. The minimum absolute atomic E-state index is 0.0409. The lowest BCUT2D eigenvalue weighted by Gasteiger charge is -2.27. The second-order valence-electron chi connectivity index (χ2n) is 22.9. The standard InChI is InChI=1S/C68H66N4O/c1-44-33-52(67(6,7)8)34-45(2)65(44)49-31-32-69-64(38-49)72-60-29-25-48(46-19-14-12-15-20-46)37-59(60)58-28-27-57(42-62(58)72)73-56-24-18-23-54(41-56)70-43-71(63-40-51(66(3,4)5)26-30-61(63)70)55-36-50(47-21-16-13-17-22-47)35-53(39-55)68(9,10)11/h12-42H,43H2,1-11H3/i1D3. The molecular weight excluding hydrogens is 889 g/mol. The maximum Gasteiger partial charge on any atom is 0.138 e. The molecule has 0 radical (unpaired) electrons. The van der Waals surface area contributed by atoms with Gasteiger partial charge in [-0.1, -0.05) is 159 Å². The fourth-order valence-corrected chi connectivity index (χ4v) is 10.4. The lowest BCUT2D eigenvalue weighted by molar-refractivity contribution is 0.483. The first kappa shape index (κ1) is 43.9. The summed E-state index contributed by atoms with van der Waals surface area (Å²) in [5, 5.41) is 2.12. The van der Waals surface area contributed by atoms with Gasteiger partial charge >= 0.3 is 0 Å². The van der Waals surface area contributed by atoms with E-state index >= 15 is 0 Å². The number of aromatic nitrogens is 2. The molecule has 1 aliphatic heterocycles. The summed E-state index contributed by atoms with van der Waals surface area (Å²) < 4.78 is 35.2. The predicted octanol–water partition coefficient (Wildman–Crippen LogP) is 18.7. The lowest BCUT2D eigenvalue weighted by atomic mass is 9.83. The van der Waals surface area contributed by atoms with E-state index in [4.69, 9.17) is 13.8 Å². The summed E-state index contributed by atoms with van der Waals surface area (Å²) in [7, 11) is 0. The molecule has 0 bridgehead atoms. The molecule has 5 nitrogen and oxygen atoms in total. The number of hydrogen-bond donors (Lipinski definition) is 0. The van der Waals surface area contributed by atoms with E-state index in [2.05, 4.69) is 222 Å². The van der Waals surface area contributed by atoms with Gasteiger partial charge in [-0.15, -0.1) is 0 Å². The molecule has 364 valence electrons. The highest BCUT2D eigenvalue weighted by Crippen LogP contribution is 2.48. The molecule has 10 aromatic rings. The number of anilines is 4. The Morgan fingerprint density at radius 2 is 1.12 bits per heavy atom. The van der Waals surface area contributed by atoms with Crippen LogP contribution < -0.4 is 14.5 Å². The molecule has 0 saturated carbocycles. The number of nitrogens with zero attached hydrogens (tertiary/aromatic N) is 4. The Hall–Kier alpha value is -7.89. The fraction of sp³-hybridized carbons (Fsp3) is 0.221. The predicted molar refractivity (Wildman–Crippen MR) is 309 cm³/mol. The lowest BCUT2D eigenvalue weighted by Crippen LogP contribution is -2.24. The van der Waals surface area contributed by atoms with E-state index in [1.165, 1.54) is 27.9 Å². The van der Waals surface area contributed by atoms with E-state index < -0.39 is 6.85 Å². The van der Waals surface area contributed by atoms with Crippen LogP contribution in [0.3, 0.4) is 0 Å². The molecule has 3 heterocycles. The summed E-state index contributed by atoms with van der Waals surface area (Å²) in [5.41, 5.74) is 17.0. The van der Waals surface area contributed by atoms with Crippen molar-refractivity contribution in [2.75, 3.05) is 16.5 Å². The highest BCUT2D eigenvalue weighted by molar-refractivity contribution is 6.11. The van der Waals surface area contributed by atoms with Crippen LogP contribution in [-0.2, 0) is 16.2 Å². The number of hydrogen-bond acceptors (Lipinski definition) is 4. The maximum absolute atomic E-state index is 8.70. The minimum atomic E-state index is -2.33. The third-order valence-corrected chi connectivity index (χ3v) is 14.6. The zero-order valence-electron chi connectivity index (χ0n) is 46.8. The van der Waals surface area contributed by atoms with Crippen molar-refractivity contribution in [3.05, 3.63) is 216 Å². The Kier molecular flexibility index (Phi) is 10.8. The number of pyridine rings is 1. The average molecular weight is 958 g/mol. The molecule has 11 rings (SSSR count). The molecule has 5 heteroatoms. The Morgan fingerprint density at radius 3 is 1.84 bits per heavy atom. The van der Waals surface area contributed by atoms with Crippen LogP contribution in [0.25, 0.3) is 61.0 Å². The second kappa shape index (κ2) is 18.0. The second-order valence-corrected chi connectivity index (χ2v) is 22.9. The van der Waals surface area contributed by atoms with Crippen molar-refractivity contribution >= 4 is 44.6 Å². The number of aryl methyl sites for hydroxylation is 2. The normalized spacial score (nSPS) is 13.8. The molecular formula is C68H66N4O. The fourth-order valence-electron chi connectivity index (χ4n) is 10.4. The van der Waals surface area contributed by atoms with Crippen molar-refractivity contribution in [1.82, 2.24) is 9.55 Å². The van der Waals surface area contributed by atoms with Crippen LogP contribution >= 0.6 is 0 Å². The number of benzene rings is 8. The summed E-state index contributed by atoms with van der Waals surface area (Å²) in [6.07, 6.45) is 1.79. The molecule has 0 unspecified atom stereocenters. The Labute approximate surface area is 436 Å². The maximum atomic E-state index is 8.70. The van der Waals surface area contributed by atoms with Crippen molar-refractivity contribution in [2.24, 2.45) is 0 Å². The van der Waals surface area contributed by atoms with Gasteiger partial charge in [0.2, 0.25) is 0 Å². The first-order chi connectivity index (χ1) is 36.1. The number of rotatable bonds is 8. The average Bonchev–Trinajstić information content (AvgIpc) is 3.94. The summed E-state index contributed by atoms with van der Waals surface area (Å²) in [4.78, 5) is 9.86. The molecule has 0 atom stereocenters. The van der Waals surface area contributed by atoms with Gasteiger partial charge in [-0.3, -0.25) is 4.57 Å². The quantitative estimate of drug-likeness (QED) is 0.152. The van der Waals surface area contributed by atoms with Gasteiger partial charge in [-0.05, 0) is 164 Å². The molecule has 0 aliphatic carbocycles. The zero-order valence-corrected chi connectivity index (χ0v) is 43.8. The summed E-state index contributed by atoms with van der Waals surface area (Å²) in [5.74, 6) is 2.07. The van der Waals surface area contributed by atoms with Gasteiger partial charge in [0.05, 0.1) is 22.4 Å². The molecule has 0 amide bonds. The molecule has 73 heavy (non-hydrogen) atoms. The van der Waals surface area contributed by atoms with Gasteiger partial charge in [0, 0.05) is 44.6 Å². The SMILES string of the molecule is [2H]C([2H])([2H])c1cc(C(C)(C)C)cc(C)c1-c1ccnc(-n2c3ccc(-c4ccccc4)cc3c3ccc(Oc4cccc(N5CN(c6cc(-c7ccccc7)cc(C(C)(C)C)c6)c6cc(C(C)(C)C)ccc65)c4)cc32)c1. The largest absolute Gasteiger partial charge is 0.457 e. The van der Waals surface area contributed by atoms with Crippen LogP contribution in [0, 0.1) is 13.8 Å². The number of fused-ring (bicyclic) bond motifs is 4. The van der Waals surface area contributed by atoms with E-state index in [-0.39, 0.29) is 16.2 Å². The van der Waals surface area contributed by atoms with Crippen LogP contribution in [0.2, 0.25) is 0 Å². The van der Waals surface area contributed by atoms with Crippen molar-refractivity contribution in [2.45, 2.75) is 92.3 Å². The van der Waals surface area contributed by atoms with E-state index in [1.807, 2.05) is 43.3 Å². The van der Waals surface area contributed by atoms with Gasteiger partial charge < -0.3 is 14.5 Å². The van der Waals surface area contributed by atoms with E-state index in [9.17, 15) is 0 Å². The molecule has 2 aromatic heterocycles. The Morgan fingerprint density at radius 1 is 0.452 bits per heavy atom. The monoisotopic (exact) mass is 958 g/mol. The van der Waals surface area contributed by atoms with E-state index in [1.54, 1.807) is 6.20 Å². The first-order valence-corrected chi connectivity index (χ1v) is 25.5. The van der Waals surface area contributed by atoms with Crippen LogP contribution in [0.4, 0.5) is 22.7 Å². The first-order valence-electron chi connectivity index (χ1n) is 27.0. The topological polar surface area (TPSA) is 33.5 Å². The molecule has 1 aliphatic rings. The molecule has 0 saturated heterocycles. The van der Waals surface area contributed by atoms with Gasteiger partial charge in [0.1, 0.15) is 24.0 Å². The van der Waals surface area contributed by atoms with Gasteiger partial charge in [0.25, 0.3) is 0 Å². The van der Waals surface area contributed by atoms with Crippen molar-refractivity contribution in [3.63, 3.8) is 0 Å². The van der Waals surface area contributed by atoms with Gasteiger partial charge in [0.15, 0.2) is 0 Å². The number of ether oxygens (including phenoxy) is 1. The van der Waals surface area contributed by atoms with E-state index in [0.29, 0.717) is 35.1 Å². The zero-order chi connectivity index (χ0) is 53.5. The van der Waals surface area contributed by atoms with Crippen LogP contribution in [-0.4, -0.2) is 16.2 Å². The van der Waals surface area contributed by atoms with Crippen molar-refractivity contribution in [3.8, 4) is 50.7 Å². The highest BCUT2D eigenvalue weighted by atomic mass is 16.5. The molecule has 0 fully saturated rings. The third kappa shape index (κ3) is 9.07. The third-order valence-electron chi connectivity index (χ3n) is 14.6. The van der Waals surface area contributed by atoms with Crippen molar-refractivity contribution in [1.29, 1.82) is 0 Å². The Bertz CT molecular complexity index is 3840. The van der Waals surface area contributed by atoms with Crippen LogP contribution in [0.1, 0.15) is 94.2 Å². The molecule has 0 N–H and O–H groups in total. The summed E-state index contributed by atoms with van der Waals surface area (Å²) >= 11 is 0. The van der Waals surface area contributed by atoms with Gasteiger partial charge in [-0.25, -0.2) is 4.98 Å². The van der Waals surface area contributed by atoms with Gasteiger partial charge in [-0.2, -0.15) is 0 Å². The van der Waals surface area contributed by atoms with Crippen LogP contribution in [0.15, 0.2) is 188 Å². The van der Waals surface area contributed by atoms with E-state index in [0.717, 1.165) is 66.7 Å². The summed E-state index contributed by atoms with van der Waals surface area (Å²) in [6, 6.07) is 64.3. The van der Waals surface area contributed by atoms with Crippen molar-refractivity contribution < 1.29 is 8.85 Å². The highest BCUT2D eigenvalue weighted by Gasteiger charge is 2.32. The smallest absolute Gasteiger partial charge is 0.138 e. The minimum Gasteiger partial charge on any atom is -0.457 e. The summed E-state index contributed by atoms with van der Waals surface area (Å²) in [6.45, 7) is 20.3.